The van der Waals surface area contributed by atoms with E-state index in [4.69, 9.17) is 9.72 Å². The molecule has 0 atom stereocenters. The third-order valence-corrected chi connectivity index (χ3v) is 7.11. The predicted molar refractivity (Wildman–Crippen MR) is 134 cm³/mol. The lowest BCUT2D eigenvalue weighted by Gasteiger charge is -2.23. The minimum Gasteiger partial charge on any atom is -0.495 e. The fourth-order valence-corrected chi connectivity index (χ4v) is 5.39. The predicted octanol–water partition coefficient (Wildman–Crippen LogP) is 6.77. The Morgan fingerprint density at radius 1 is 1.03 bits per heavy atom. The number of pyridine rings is 1. The molecule has 5 nitrogen and oxygen atoms in total. The molecule has 0 unspecified atom stereocenters. The Labute approximate surface area is 195 Å². The summed E-state index contributed by atoms with van der Waals surface area (Å²) in [4.78, 5) is 17.7. The summed E-state index contributed by atoms with van der Waals surface area (Å²) >= 11 is 0. The van der Waals surface area contributed by atoms with Crippen LogP contribution in [0.4, 0.5) is 17.1 Å². The number of anilines is 3. The van der Waals surface area contributed by atoms with Gasteiger partial charge in [0.2, 0.25) is 5.91 Å². The maximum atomic E-state index is 12.8. The van der Waals surface area contributed by atoms with Crippen LogP contribution in [0, 0.1) is 5.92 Å². The van der Waals surface area contributed by atoms with Crippen LogP contribution in [-0.4, -0.2) is 18.0 Å². The number of nitrogens with zero attached hydrogens (tertiary/aromatic N) is 1. The normalized spacial score (nSPS) is 16.3. The van der Waals surface area contributed by atoms with Crippen LogP contribution in [0.2, 0.25) is 0 Å². The van der Waals surface area contributed by atoms with Crippen molar-refractivity contribution in [1.29, 1.82) is 0 Å². The van der Waals surface area contributed by atoms with Gasteiger partial charge in [-0.3, -0.25) is 9.78 Å². The summed E-state index contributed by atoms with van der Waals surface area (Å²) in [6.07, 6.45) is 11.1. The van der Waals surface area contributed by atoms with Crippen molar-refractivity contribution in [2.24, 2.45) is 5.92 Å². The summed E-state index contributed by atoms with van der Waals surface area (Å²) in [5.41, 5.74) is 6.28. The number of nitrogens with one attached hydrogen (secondary N) is 2. The number of ether oxygens (including phenoxy) is 1. The van der Waals surface area contributed by atoms with Gasteiger partial charge in [0, 0.05) is 23.2 Å². The molecule has 2 aromatic carbocycles. The summed E-state index contributed by atoms with van der Waals surface area (Å²) in [6.45, 7) is 0. The molecule has 1 aromatic heterocycles. The fraction of sp³-hybridized carbons (Fsp3) is 0.429. The molecular weight excluding hydrogens is 410 g/mol. The average molecular weight is 444 g/mol. The quantitative estimate of drug-likeness (QED) is 0.441. The molecule has 1 fully saturated rings. The Bertz CT molecular complexity index is 1150. The Morgan fingerprint density at radius 2 is 1.85 bits per heavy atom. The van der Waals surface area contributed by atoms with Crippen LogP contribution in [0.1, 0.15) is 62.6 Å². The monoisotopic (exact) mass is 443 g/mol. The zero-order chi connectivity index (χ0) is 22.6. The van der Waals surface area contributed by atoms with Crippen LogP contribution in [0.5, 0.6) is 5.75 Å². The Balaban J connectivity index is 1.48. The second kappa shape index (κ2) is 9.82. The van der Waals surface area contributed by atoms with Crippen molar-refractivity contribution in [3.63, 3.8) is 0 Å². The van der Waals surface area contributed by atoms with Crippen molar-refractivity contribution in [2.75, 3.05) is 17.7 Å². The van der Waals surface area contributed by atoms with Crippen molar-refractivity contribution in [1.82, 2.24) is 4.98 Å². The molecule has 2 aliphatic carbocycles. The second-order valence-electron chi connectivity index (χ2n) is 9.43. The summed E-state index contributed by atoms with van der Waals surface area (Å²) in [5.74, 6) is 1.45. The number of hydrogen-bond acceptors (Lipinski definition) is 4. The van der Waals surface area contributed by atoms with Gasteiger partial charge in [0.1, 0.15) is 5.75 Å². The highest BCUT2D eigenvalue weighted by atomic mass is 16.5. The van der Waals surface area contributed by atoms with Gasteiger partial charge >= 0.3 is 0 Å². The van der Waals surface area contributed by atoms with Gasteiger partial charge in [-0.2, -0.15) is 0 Å². The molecule has 2 aliphatic rings. The van der Waals surface area contributed by atoms with E-state index in [0.717, 1.165) is 46.6 Å². The first kappa shape index (κ1) is 21.7. The molecule has 33 heavy (non-hydrogen) atoms. The molecule has 3 aromatic rings. The molecule has 5 heteroatoms. The van der Waals surface area contributed by atoms with Crippen LogP contribution in [0.25, 0.3) is 10.9 Å². The molecule has 0 spiro atoms. The lowest BCUT2D eigenvalue weighted by atomic mass is 9.87. The van der Waals surface area contributed by atoms with E-state index >= 15 is 0 Å². The van der Waals surface area contributed by atoms with Gasteiger partial charge in [-0.15, -0.1) is 0 Å². The number of benzene rings is 2. The number of aryl methyl sites for hydroxylation is 1. The van der Waals surface area contributed by atoms with E-state index < -0.39 is 0 Å². The van der Waals surface area contributed by atoms with Crippen molar-refractivity contribution < 1.29 is 9.53 Å². The van der Waals surface area contributed by atoms with E-state index in [0.29, 0.717) is 12.3 Å². The number of methoxy groups -OCH3 is 1. The Kier molecular flexibility index (Phi) is 6.47. The lowest BCUT2D eigenvalue weighted by molar-refractivity contribution is -0.117. The third-order valence-electron chi connectivity index (χ3n) is 7.11. The zero-order valence-corrected chi connectivity index (χ0v) is 19.5. The van der Waals surface area contributed by atoms with Gasteiger partial charge in [0.05, 0.1) is 24.0 Å². The van der Waals surface area contributed by atoms with E-state index in [1.807, 2.05) is 36.4 Å². The standard InChI is InChI=1S/C28H33N3O2/c1-33-26-14-8-7-13-25(26)31-28-21-11-5-6-12-23(21)30-24-16-15-20(18-22(24)28)29-27(32)17-19-9-3-2-4-10-19/h7-8,13-16,18-19H,2-6,9-12,17H2,1H3,(H,29,32)(H,30,31). The van der Waals surface area contributed by atoms with Gasteiger partial charge in [0.25, 0.3) is 0 Å². The van der Waals surface area contributed by atoms with Crippen molar-refractivity contribution in [3.8, 4) is 5.75 Å². The van der Waals surface area contributed by atoms with Gasteiger partial charge < -0.3 is 15.4 Å². The highest BCUT2D eigenvalue weighted by Gasteiger charge is 2.21. The van der Waals surface area contributed by atoms with E-state index in [1.54, 1.807) is 7.11 Å². The van der Waals surface area contributed by atoms with Gasteiger partial charge in [-0.05, 0) is 80.3 Å². The van der Waals surface area contributed by atoms with E-state index in [9.17, 15) is 4.79 Å². The molecular formula is C28H33N3O2. The first-order chi connectivity index (χ1) is 16.2. The smallest absolute Gasteiger partial charge is 0.224 e. The highest BCUT2D eigenvalue weighted by Crippen LogP contribution is 2.38. The molecule has 1 saturated carbocycles. The number of amides is 1. The number of fused-ring (bicyclic) bond motifs is 2. The first-order valence-corrected chi connectivity index (χ1v) is 12.4. The number of carbonyl (C=O) groups is 1. The molecule has 2 N–H and O–H groups in total. The molecule has 172 valence electrons. The largest absolute Gasteiger partial charge is 0.495 e. The average Bonchev–Trinajstić information content (AvgIpc) is 2.85. The van der Waals surface area contributed by atoms with Crippen molar-refractivity contribution in [2.45, 2.75) is 64.2 Å². The van der Waals surface area contributed by atoms with E-state index in [2.05, 4.69) is 16.7 Å². The van der Waals surface area contributed by atoms with Gasteiger partial charge in [-0.1, -0.05) is 31.4 Å². The van der Waals surface area contributed by atoms with E-state index in [-0.39, 0.29) is 5.91 Å². The highest BCUT2D eigenvalue weighted by molar-refractivity contribution is 6.00. The minimum atomic E-state index is 0.117. The molecule has 5 rings (SSSR count). The fourth-order valence-electron chi connectivity index (χ4n) is 5.39. The van der Waals surface area contributed by atoms with Crippen LogP contribution < -0.4 is 15.4 Å². The number of carbonyl (C=O) groups excluding carboxylic acids is 1. The Hall–Kier alpha value is -3.08. The summed E-state index contributed by atoms with van der Waals surface area (Å²) in [5, 5.41) is 7.86. The zero-order valence-electron chi connectivity index (χ0n) is 19.5. The van der Waals surface area contributed by atoms with E-state index in [1.165, 1.54) is 56.2 Å². The number of para-hydroxylation sites is 2. The summed E-state index contributed by atoms with van der Waals surface area (Å²) < 4.78 is 5.59. The second-order valence-corrected chi connectivity index (χ2v) is 9.43. The first-order valence-electron chi connectivity index (χ1n) is 12.4. The number of aromatic nitrogens is 1. The molecule has 0 radical (unpaired) electrons. The van der Waals surface area contributed by atoms with Gasteiger partial charge in [-0.25, -0.2) is 0 Å². The summed E-state index contributed by atoms with van der Waals surface area (Å²) in [7, 11) is 1.70. The molecule has 0 aliphatic heterocycles. The van der Waals surface area contributed by atoms with Crippen LogP contribution >= 0.6 is 0 Å². The van der Waals surface area contributed by atoms with Crippen molar-refractivity contribution >= 4 is 33.9 Å². The molecule has 0 bridgehead atoms. The molecule has 1 heterocycles. The molecule has 1 amide bonds. The maximum absolute atomic E-state index is 12.8. The van der Waals surface area contributed by atoms with Crippen molar-refractivity contribution in [3.05, 3.63) is 53.7 Å². The summed E-state index contributed by atoms with van der Waals surface area (Å²) in [6, 6.07) is 14.1. The minimum absolute atomic E-state index is 0.117. The van der Waals surface area contributed by atoms with Crippen LogP contribution in [-0.2, 0) is 17.6 Å². The Morgan fingerprint density at radius 3 is 2.70 bits per heavy atom. The van der Waals surface area contributed by atoms with Crippen LogP contribution in [0.3, 0.4) is 0 Å². The topological polar surface area (TPSA) is 63.2 Å². The third kappa shape index (κ3) is 4.82. The van der Waals surface area contributed by atoms with Gasteiger partial charge in [0.15, 0.2) is 0 Å². The number of hydrogen-bond donors (Lipinski definition) is 2. The number of rotatable bonds is 6. The van der Waals surface area contributed by atoms with Crippen LogP contribution in [0.15, 0.2) is 42.5 Å². The maximum Gasteiger partial charge on any atom is 0.224 e. The SMILES string of the molecule is COc1ccccc1Nc1c2c(nc3ccc(NC(=O)CC4CCCCC4)cc13)CCCC2. The lowest BCUT2D eigenvalue weighted by Crippen LogP contribution is -2.18. The molecule has 0 saturated heterocycles.